The molecule has 0 saturated carbocycles. The molecule has 0 radical (unpaired) electrons. The van der Waals surface area contributed by atoms with Crippen LogP contribution in [0.2, 0.25) is 0 Å². The van der Waals surface area contributed by atoms with E-state index in [9.17, 15) is 0 Å². The number of nitrogens with zero attached hydrogens (tertiary/aromatic N) is 1. The largest absolute Gasteiger partial charge is 0.385 e. The molecule has 0 aliphatic rings. The first-order valence-corrected chi connectivity index (χ1v) is 5.44. The summed E-state index contributed by atoms with van der Waals surface area (Å²) in [6.45, 7) is 6.03. The molecular formula is C11H21N3O. The van der Waals surface area contributed by atoms with Crippen molar-refractivity contribution in [1.29, 1.82) is 0 Å². The third-order valence-electron chi connectivity index (χ3n) is 2.52. The van der Waals surface area contributed by atoms with Crippen LogP contribution in [0.15, 0.2) is 12.4 Å². The minimum absolute atomic E-state index is 0.482. The first-order valence-electron chi connectivity index (χ1n) is 5.44. The van der Waals surface area contributed by atoms with Crippen LogP contribution in [0, 0.1) is 5.92 Å². The highest BCUT2D eigenvalue weighted by Gasteiger charge is 2.12. The van der Waals surface area contributed by atoms with Crippen LogP contribution >= 0.6 is 0 Å². The van der Waals surface area contributed by atoms with E-state index in [-0.39, 0.29) is 0 Å². The second kappa shape index (κ2) is 6.58. The van der Waals surface area contributed by atoms with Gasteiger partial charge in [0.05, 0.1) is 6.54 Å². The number of imidazole rings is 1. The van der Waals surface area contributed by atoms with Gasteiger partial charge in [0.1, 0.15) is 5.82 Å². The molecular weight excluding hydrogens is 190 g/mol. The molecule has 0 fully saturated rings. The van der Waals surface area contributed by atoms with Gasteiger partial charge in [-0.1, -0.05) is 13.8 Å². The van der Waals surface area contributed by atoms with Gasteiger partial charge in [0.15, 0.2) is 0 Å². The zero-order valence-electron chi connectivity index (χ0n) is 9.79. The molecule has 0 saturated heterocycles. The summed E-state index contributed by atoms with van der Waals surface area (Å²) in [5.41, 5.74) is 0. The number of methoxy groups -OCH3 is 1. The zero-order chi connectivity index (χ0) is 11.1. The molecule has 1 heterocycles. The fraction of sp³-hybridized carbons (Fsp3) is 0.727. The fourth-order valence-electron chi connectivity index (χ4n) is 1.54. The van der Waals surface area contributed by atoms with E-state index in [1.807, 2.05) is 6.20 Å². The molecule has 4 heteroatoms. The van der Waals surface area contributed by atoms with Gasteiger partial charge in [-0.25, -0.2) is 4.98 Å². The normalized spacial score (nSPS) is 13.3. The highest BCUT2D eigenvalue weighted by atomic mass is 16.5. The molecule has 86 valence electrons. The average Bonchev–Trinajstić information content (AvgIpc) is 2.70. The summed E-state index contributed by atoms with van der Waals surface area (Å²) < 4.78 is 5.10. The van der Waals surface area contributed by atoms with Gasteiger partial charge in [0, 0.05) is 32.2 Å². The quantitative estimate of drug-likeness (QED) is 0.719. The Morgan fingerprint density at radius 2 is 2.33 bits per heavy atom. The molecule has 0 aliphatic heterocycles. The minimum atomic E-state index is 0.482. The number of aromatic amines is 1. The Labute approximate surface area is 91.4 Å². The summed E-state index contributed by atoms with van der Waals surface area (Å²) in [6.07, 6.45) is 4.65. The molecule has 4 nitrogen and oxygen atoms in total. The first kappa shape index (κ1) is 12.2. The van der Waals surface area contributed by atoms with Crippen molar-refractivity contribution in [3.05, 3.63) is 18.2 Å². The zero-order valence-corrected chi connectivity index (χ0v) is 9.79. The predicted octanol–water partition coefficient (Wildman–Crippen LogP) is 1.56. The summed E-state index contributed by atoms with van der Waals surface area (Å²) in [5, 5.41) is 3.48. The van der Waals surface area contributed by atoms with E-state index in [2.05, 4.69) is 29.1 Å². The highest BCUT2D eigenvalue weighted by Crippen LogP contribution is 2.06. The summed E-state index contributed by atoms with van der Waals surface area (Å²) >= 11 is 0. The van der Waals surface area contributed by atoms with E-state index < -0.39 is 0 Å². The van der Waals surface area contributed by atoms with Crippen molar-refractivity contribution < 1.29 is 4.74 Å². The summed E-state index contributed by atoms with van der Waals surface area (Å²) in [4.78, 5) is 7.26. The van der Waals surface area contributed by atoms with Crippen molar-refractivity contribution in [3.8, 4) is 0 Å². The van der Waals surface area contributed by atoms with E-state index >= 15 is 0 Å². The van der Waals surface area contributed by atoms with Crippen molar-refractivity contribution in [1.82, 2.24) is 15.3 Å². The standard InChI is InChI=1S/C11H21N3O/c1-9(2)10(4-7-15-3)14-8-11-12-5-6-13-11/h5-6,9-10,14H,4,7-8H2,1-3H3,(H,12,13). The smallest absolute Gasteiger partial charge is 0.120 e. The minimum Gasteiger partial charge on any atom is -0.385 e. The number of nitrogens with one attached hydrogen (secondary N) is 2. The molecule has 15 heavy (non-hydrogen) atoms. The number of hydrogen-bond acceptors (Lipinski definition) is 3. The van der Waals surface area contributed by atoms with Crippen molar-refractivity contribution in [2.75, 3.05) is 13.7 Å². The van der Waals surface area contributed by atoms with Crippen molar-refractivity contribution in [3.63, 3.8) is 0 Å². The highest BCUT2D eigenvalue weighted by molar-refractivity contribution is 4.87. The van der Waals surface area contributed by atoms with Crippen LogP contribution in [0.4, 0.5) is 0 Å². The monoisotopic (exact) mass is 211 g/mol. The topological polar surface area (TPSA) is 49.9 Å². The van der Waals surface area contributed by atoms with Crippen LogP contribution in [0.5, 0.6) is 0 Å². The lowest BCUT2D eigenvalue weighted by Gasteiger charge is -2.21. The molecule has 0 amide bonds. The number of rotatable bonds is 7. The molecule has 2 N–H and O–H groups in total. The van der Waals surface area contributed by atoms with E-state index in [0.717, 1.165) is 25.4 Å². The van der Waals surface area contributed by atoms with Crippen LogP contribution in [0.25, 0.3) is 0 Å². The van der Waals surface area contributed by atoms with Gasteiger partial charge in [0.2, 0.25) is 0 Å². The maximum Gasteiger partial charge on any atom is 0.120 e. The van der Waals surface area contributed by atoms with E-state index in [1.54, 1.807) is 13.3 Å². The van der Waals surface area contributed by atoms with Crippen molar-refractivity contribution in [2.45, 2.75) is 32.9 Å². The van der Waals surface area contributed by atoms with Gasteiger partial charge in [0.25, 0.3) is 0 Å². The van der Waals surface area contributed by atoms with Gasteiger partial charge >= 0.3 is 0 Å². The Hall–Kier alpha value is -0.870. The maximum absolute atomic E-state index is 5.10. The molecule has 0 spiro atoms. The van der Waals surface area contributed by atoms with Gasteiger partial charge in [-0.05, 0) is 12.3 Å². The van der Waals surface area contributed by atoms with E-state index in [0.29, 0.717) is 12.0 Å². The second-order valence-corrected chi connectivity index (χ2v) is 4.05. The van der Waals surface area contributed by atoms with E-state index in [1.165, 1.54) is 0 Å². The molecule has 1 unspecified atom stereocenters. The molecule has 1 rings (SSSR count). The Bertz CT molecular complexity index is 246. The summed E-state index contributed by atoms with van der Waals surface area (Å²) in [5.74, 6) is 1.59. The Morgan fingerprint density at radius 1 is 1.53 bits per heavy atom. The summed E-state index contributed by atoms with van der Waals surface area (Å²) in [7, 11) is 1.74. The summed E-state index contributed by atoms with van der Waals surface area (Å²) in [6, 6.07) is 0.482. The van der Waals surface area contributed by atoms with E-state index in [4.69, 9.17) is 4.74 Å². The van der Waals surface area contributed by atoms with Crippen molar-refractivity contribution >= 4 is 0 Å². The Balaban J connectivity index is 2.31. The maximum atomic E-state index is 5.10. The molecule has 0 bridgehead atoms. The van der Waals surface area contributed by atoms with Crippen LogP contribution in [-0.2, 0) is 11.3 Å². The molecule has 0 aromatic carbocycles. The predicted molar refractivity (Wildman–Crippen MR) is 60.5 cm³/mol. The number of hydrogen-bond donors (Lipinski definition) is 2. The second-order valence-electron chi connectivity index (χ2n) is 4.05. The Morgan fingerprint density at radius 3 is 2.87 bits per heavy atom. The van der Waals surface area contributed by atoms with Crippen LogP contribution in [0.1, 0.15) is 26.1 Å². The third kappa shape index (κ3) is 4.44. The van der Waals surface area contributed by atoms with Gasteiger partial charge in [-0.2, -0.15) is 0 Å². The van der Waals surface area contributed by atoms with Crippen molar-refractivity contribution in [2.24, 2.45) is 5.92 Å². The fourth-order valence-corrected chi connectivity index (χ4v) is 1.54. The lowest BCUT2D eigenvalue weighted by atomic mass is 10.0. The molecule has 0 aliphatic carbocycles. The third-order valence-corrected chi connectivity index (χ3v) is 2.52. The molecule has 1 aromatic heterocycles. The molecule has 1 aromatic rings. The Kier molecular flexibility index (Phi) is 5.36. The van der Waals surface area contributed by atoms with Crippen LogP contribution in [-0.4, -0.2) is 29.7 Å². The number of H-pyrrole nitrogens is 1. The van der Waals surface area contributed by atoms with Gasteiger partial charge in [-0.3, -0.25) is 0 Å². The van der Waals surface area contributed by atoms with Gasteiger partial charge in [-0.15, -0.1) is 0 Å². The lowest BCUT2D eigenvalue weighted by Crippen LogP contribution is -2.34. The van der Waals surface area contributed by atoms with Gasteiger partial charge < -0.3 is 15.0 Å². The van der Waals surface area contributed by atoms with Crippen LogP contribution < -0.4 is 5.32 Å². The SMILES string of the molecule is COCCC(NCc1ncc[nH]1)C(C)C. The first-order chi connectivity index (χ1) is 7.24. The number of aromatic nitrogens is 2. The number of ether oxygens (including phenoxy) is 1. The molecule has 1 atom stereocenters. The average molecular weight is 211 g/mol. The van der Waals surface area contributed by atoms with Crippen LogP contribution in [0.3, 0.4) is 0 Å². The lowest BCUT2D eigenvalue weighted by molar-refractivity contribution is 0.173.